The van der Waals surface area contributed by atoms with Crippen molar-refractivity contribution >= 4 is 11.9 Å². The summed E-state index contributed by atoms with van der Waals surface area (Å²) >= 11 is 0. The fourth-order valence-electron chi connectivity index (χ4n) is 3.56. The number of ether oxygens (including phenoxy) is 1. The smallest absolute Gasteiger partial charge is 0.312 e. The molecule has 3 rings (SSSR count). The van der Waals surface area contributed by atoms with Crippen molar-refractivity contribution < 1.29 is 14.3 Å². The molecule has 6 heteroatoms. The number of carbonyl (C=O) groups excluding carboxylic acids is 2. The Bertz CT molecular complexity index is 789. The van der Waals surface area contributed by atoms with Crippen LogP contribution >= 0.6 is 0 Å². The van der Waals surface area contributed by atoms with E-state index in [1.807, 2.05) is 54.6 Å². The Hall–Kier alpha value is -3.02. The van der Waals surface area contributed by atoms with Crippen LogP contribution in [0.2, 0.25) is 0 Å². The Labute approximate surface area is 165 Å². The molecule has 0 radical (unpaired) electrons. The van der Waals surface area contributed by atoms with Crippen molar-refractivity contribution in [3.8, 4) is 11.5 Å². The number of carbonyl (C=O) groups is 2. The number of nitrogens with one attached hydrogen (secondary N) is 2. The third-order valence-corrected chi connectivity index (χ3v) is 4.92. The molecule has 0 saturated heterocycles. The molecule has 1 fully saturated rings. The molecule has 0 bridgehead atoms. The van der Waals surface area contributed by atoms with Gasteiger partial charge in [-0.15, -0.1) is 0 Å². The second-order valence-electron chi connectivity index (χ2n) is 7.16. The van der Waals surface area contributed by atoms with E-state index in [1.54, 1.807) is 0 Å². The average molecular weight is 381 g/mol. The highest BCUT2D eigenvalue weighted by Gasteiger charge is 2.21. The number of hydrogen-bond donors (Lipinski definition) is 3. The van der Waals surface area contributed by atoms with Gasteiger partial charge in [-0.05, 0) is 42.7 Å². The van der Waals surface area contributed by atoms with E-state index in [0.29, 0.717) is 11.5 Å². The van der Waals surface area contributed by atoms with Gasteiger partial charge in [0.1, 0.15) is 11.5 Å². The molecule has 0 spiro atoms. The Morgan fingerprint density at radius 1 is 1.00 bits per heavy atom. The molecule has 2 aromatic rings. The molecular weight excluding hydrogens is 354 g/mol. The van der Waals surface area contributed by atoms with Gasteiger partial charge in [0.25, 0.3) is 0 Å². The summed E-state index contributed by atoms with van der Waals surface area (Å²) in [6.07, 6.45) is 5.68. The largest absolute Gasteiger partial charge is 0.457 e. The van der Waals surface area contributed by atoms with Gasteiger partial charge < -0.3 is 21.1 Å². The minimum absolute atomic E-state index is 0.0833. The molecular formula is C22H27N3O3. The van der Waals surface area contributed by atoms with Crippen molar-refractivity contribution in [2.45, 2.75) is 50.6 Å². The standard InChI is InChI=1S/C22H27N3O3/c23-22(27)25-20(15-21(26)24-17-9-3-1-4-10-17)16-8-7-13-19(14-16)28-18-11-5-2-6-12-18/h2,5-8,11-14,17,20H,1,3-4,9-10,15H2,(H,24,26)(H3,23,25,27)/t20-/m1/s1. The molecule has 0 heterocycles. The zero-order chi connectivity index (χ0) is 19.8. The Morgan fingerprint density at radius 2 is 1.71 bits per heavy atom. The first-order chi connectivity index (χ1) is 13.6. The Balaban J connectivity index is 1.69. The van der Waals surface area contributed by atoms with E-state index >= 15 is 0 Å². The van der Waals surface area contributed by atoms with E-state index in [4.69, 9.17) is 10.5 Å². The summed E-state index contributed by atoms with van der Waals surface area (Å²) in [4.78, 5) is 24.0. The molecule has 3 amide bonds. The van der Waals surface area contributed by atoms with Crippen molar-refractivity contribution in [1.29, 1.82) is 0 Å². The minimum atomic E-state index is -0.662. The molecule has 1 atom stereocenters. The number of benzene rings is 2. The molecule has 0 aliphatic heterocycles. The van der Waals surface area contributed by atoms with Gasteiger partial charge in [-0.1, -0.05) is 49.6 Å². The topological polar surface area (TPSA) is 93.5 Å². The lowest BCUT2D eigenvalue weighted by Gasteiger charge is -2.24. The summed E-state index contributed by atoms with van der Waals surface area (Å²) in [5, 5.41) is 5.76. The monoisotopic (exact) mass is 381 g/mol. The molecule has 1 aliphatic rings. The van der Waals surface area contributed by atoms with Crippen LogP contribution in [0, 0.1) is 0 Å². The van der Waals surface area contributed by atoms with Gasteiger partial charge in [-0.2, -0.15) is 0 Å². The SMILES string of the molecule is NC(=O)N[C@H](CC(=O)NC1CCCCC1)c1cccc(Oc2ccccc2)c1. The fourth-order valence-corrected chi connectivity index (χ4v) is 3.56. The number of amides is 3. The zero-order valence-electron chi connectivity index (χ0n) is 15.9. The summed E-state index contributed by atoms with van der Waals surface area (Å²) in [5.41, 5.74) is 6.11. The average Bonchev–Trinajstić information content (AvgIpc) is 2.69. The highest BCUT2D eigenvalue weighted by molar-refractivity contribution is 5.79. The molecule has 0 unspecified atom stereocenters. The maximum absolute atomic E-state index is 12.5. The van der Waals surface area contributed by atoms with Crippen LogP contribution in [-0.4, -0.2) is 18.0 Å². The van der Waals surface area contributed by atoms with E-state index in [9.17, 15) is 9.59 Å². The number of urea groups is 1. The number of hydrogen-bond acceptors (Lipinski definition) is 3. The Morgan fingerprint density at radius 3 is 2.43 bits per heavy atom. The number of nitrogens with two attached hydrogens (primary N) is 1. The van der Waals surface area contributed by atoms with Crippen LogP contribution in [0.15, 0.2) is 54.6 Å². The first kappa shape index (κ1) is 19.7. The van der Waals surface area contributed by atoms with Crippen LogP contribution in [-0.2, 0) is 4.79 Å². The van der Waals surface area contributed by atoms with E-state index in [-0.39, 0.29) is 18.4 Å². The van der Waals surface area contributed by atoms with Gasteiger partial charge in [-0.3, -0.25) is 4.79 Å². The quantitative estimate of drug-likeness (QED) is 0.676. The molecule has 28 heavy (non-hydrogen) atoms. The van der Waals surface area contributed by atoms with Gasteiger partial charge in [-0.25, -0.2) is 4.79 Å². The summed E-state index contributed by atoms with van der Waals surface area (Å²) < 4.78 is 5.86. The first-order valence-corrected chi connectivity index (χ1v) is 9.78. The molecule has 4 N–H and O–H groups in total. The van der Waals surface area contributed by atoms with Crippen LogP contribution in [0.5, 0.6) is 11.5 Å². The van der Waals surface area contributed by atoms with Gasteiger partial charge in [0.2, 0.25) is 5.91 Å². The van der Waals surface area contributed by atoms with Crippen molar-refractivity contribution in [2.75, 3.05) is 0 Å². The van der Waals surface area contributed by atoms with Crippen molar-refractivity contribution in [2.24, 2.45) is 5.73 Å². The zero-order valence-corrected chi connectivity index (χ0v) is 15.9. The molecule has 1 aliphatic carbocycles. The van der Waals surface area contributed by atoms with Gasteiger partial charge in [0, 0.05) is 6.04 Å². The molecule has 2 aromatic carbocycles. The van der Waals surface area contributed by atoms with E-state index < -0.39 is 12.1 Å². The number of para-hydroxylation sites is 1. The second kappa shape index (κ2) is 9.78. The molecule has 0 aromatic heterocycles. The van der Waals surface area contributed by atoms with Crippen LogP contribution < -0.4 is 21.1 Å². The van der Waals surface area contributed by atoms with Crippen molar-refractivity contribution in [3.05, 3.63) is 60.2 Å². The second-order valence-corrected chi connectivity index (χ2v) is 7.16. The lowest BCUT2D eigenvalue weighted by molar-refractivity contribution is -0.122. The van der Waals surface area contributed by atoms with Gasteiger partial charge in [0.15, 0.2) is 0 Å². The van der Waals surface area contributed by atoms with Crippen LogP contribution in [0.1, 0.15) is 50.1 Å². The first-order valence-electron chi connectivity index (χ1n) is 9.78. The predicted molar refractivity (Wildman–Crippen MR) is 108 cm³/mol. The van der Waals surface area contributed by atoms with Gasteiger partial charge >= 0.3 is 6.03 Å². The third kappa shape index (κ3) is 6.01. The van der Waals surface area contributed by atoms with E-state index in [1.165, 1.54) is 6.42 Å². The molecule has 148 valence electrons. The summed E-state index contributed by atoms with van der Waals surface area (Å²) in [6.45, 7) is 0. The predicted octanol–water partition coefficient (Wildman–Crippen LogP) is 4.03. The molecule has 6 nitrogen and oxygen atoms in total. The van der Waals surface area contributed by atoms with Gasteiger partial charge in [0.05, 0.1) is 12.5 Å². The number of primary amides is 1. The van der Waals surface area contributed by atoms with Crippen LogP contribution in [0.25, 0.3) is 0 Å². The van der Waals surface area contributed by atoms with Crippen LogP contribution in [0.4, 0.5) is 4.79 Å². The highest BCUT2D eigenvalue weighted by Crippen LogP contribution is 2.26. The fraction of sp³-hybridized carbons (Fsp3) is 0.364. The normalized spacial score (nSPS) is 15.4. The lowest BCUT2D eigenvalue weighted by atomic mass is 9.95. The summed E-state index contributed by atoms with van der Waals surface area (Å²) in [7, 11) is 0. The van der Waals surface area contributed by atoms with E-state index in [0.717, 1.165) is 31.2 Å². The highest BCUT2D eigenvalue weighted by atomic mass is 16.5. The van der Waals surface area contributed by atoms with Crippen LogP contribution in [0.3, 0.4) is 0 Å². The maximum Gasteiger partial charge on any atom is 0.312 e. The summed E-state index contributed by atoms with van der Waals surface area (Å²) in [5.74, 6) is 1.27. The lowest BCUT2D eigenvalue weighted by Crippen LogP contribution is -2.40. The Kier molecular flexibility index (Phi) is 6.89. The van der Waals surface area contributed by atoms with E-state index in [2.05, 4.69) is 10.6 Å². The maximum atomic E-state index is 12.5. The minimum Gasteiger partial charge on any atom is -0.457 e. The van der Waals surface area contributed by atoms with Crippen molar-refractivity contribution in [3.63, 3.8) is 0 Å². The van der Waals surface area contributed by atoms with Crippen molar-refractivity contribution in [1.82, 2.24) is 10.6 Å². The third-order valence-electron chi connectivity index (χ3n) is 4.92. The summed E-state index contributed by atoms with van der Waals surface area (Å²) in [6, 6.07) is 15.8. The number of rotatable bonds is 7. The molecule has 1 saturated carbocycles.